The number of aromatic nitrogens is 2. The van der Waals surface area contributed by atoms with Crippen molar-refractivity contribution in [2.75, 3.05) is 90.9 Å². The number of nitrogens with zero attached hydrogens (tertiary/aromatic N) is 5. The lowest BCUT2D eigenvalue weighted by atomic mass is 10.0. The van der Waals surface area contributed by atoms with Crippen molar-refractivity contribution in [3.05, 3.63) is 94.9 Å². The summed E-state index contributed by atoms with van der Waals surface area (Å²) in [5.74, 6) is -3.54. The third kappa shape index (κ3) is 12.2. The molecule has 8 rings (SSSR count). The lowest BCUT2D eigenvalue weighted by Crippen LogP contribution is -2.54. The summed E-state index contributed by atoms with van der Waals surface area (Å²) in [6.07, 6.45) is 6.12. The fourth-order valence-electron chi connectivity index (χ4n) is 8.66. The number of nitrogens with one attached hydrogen (secondary N) is 4. The molecular weight excluding hydrogens is 913 g/mol. The van der Waals surface area contributed by atoms with Crippen LogP contribution in [0.5, 0.6) is 0 Å². The lowest BCUT2D eigenvalue weighted by molar-refractivity contribution is -0.298. The molecule has 4 aliphatic heterocycles. The average molecular weight is 968 g/mol. The van der Waals surface area contributed by atoms with E-state index in [0.717, 1.165) is 4.90 Å². The van der Waals surface area contributed by atoms with Gasteiger partial charge in [0.25, 0.3) is 11.8 Å². The standard InChI is InChI=1S/C49H55F2N9O10/c50-39-24-31(25-40(51)38(39)30-58-14-18-67-19-15-58)35-2-1-3-41-46(35)56-42(29-55-41)32(27-52)28-54-33-8-12-59(13-9-33)45(62)10-16-69-70-23-22-68-21-20-66-17-11-53-34-4-5-36-37(26-34)49(65)60(48(36)64)43-6-7-44(61)57-47(43)63/h1-5,24-29,33,43,52-54H,6-23,30H2,(H,57,61,63)/b32-28+,52-27?. The molecule has 3 saturated heterocycles. The SMILES string of the molecule is N=C/C(=C\NC1CCN(C(=O)CCOOCCOCCOCCNc2ccc3c(c2)C(=O)N(C2CCC(=O)NC2=O)C3=O)CC1)c1cnc2cccc(-c3cc(F)c(CN4CCOCC4)c(F)c3)c2n1. The Kier molecular flexibility index (Phi) is 16.9. The molecule has 3 aromatic carbocycles. The molecule has 70 heavy (non-hydrogen) atoms. The van der Waals surface area contributed by atoms with Gasteiger partial charge >= 0.3 is 0 Å². The van der Waals surface area contributed by atoms with E-state index in [0.29, 0.717) is 118 Å². The number of carbonyl (C=O) groups is 5. The van der Waals surface area contributed by atoms with Crippen LogP contribution in [0.2, 0.25) is 0 Å². The van der Waals surface area contributed by atoms with E-state index in [1.165, 1.54) is 24.4 Å². The number of fused-ring (bicyclic) bond motifs is 2. The highest BCUT2D eigenvalue weighted by atomic mass is 19.1. The topological polar surface area (TPSA) is 227 Å². The molecule has 0 aliphatic carbocycles. The number of morpholine rings is 1. The molecule has 19 nitrogen and oxygen atoms in total. The molecule has 4 aromatic rings. The Morgan fingerprint density at radius 1 is 0.857 bits per heavy atom. The van der Waals surface area contributed by atoms with Crippen LogP contribution in [-0.2, 0) is 44.9 Å². The predicted octanol–water partition coefficient (Wildman–Crippen LogP) is 3.86. The molecule has 370 valence electrons. The molecule has 0 bridgehead atoms. The quantitative estimate of drug-likeness (QED) is 0.0289. The van der Waals surface area contributed by atoms with E-state index in [4.69, 9.17) is 34.4 Å². The summed E-state index contributed by atoms with van der Waals surface area (Å²) in [7, 11) is 0. The third-order valence-electron chi connectivity index (χ3n) is 12.5. The number of likely N-dealkylation sites (tertiary alicyclic amines) is 1. The molecular formula is C49H55F2N9O10. The van der Waals surface area contributed by atoms with Crippen LogP contribution in [0, 0.1) is 17.0 Å². The van der Waals surface area contributed by atoms with E-state index in [-0.39, 0.29) is 74.3 Å². The van der Waals surface area contributed by atoms with Gasteiger partial charge in [-0.15, -0.1) is 0 Å². The van der Waals surface area contributed by atoms with Crippen molar-refractivity contribution in [1.29, 1.82) is 5.41 Å². The zero-order valence-corrected chi connectivity index (χ0v) is 38.5. The monoisotopic (exact) mass is 967 g/mol. The summed E-state index contributed by atoms with van der Waals surface area (Å²) in [6.45, 7) is 5.40. The summed E-state index contributed by atoms with van der Waals surface area (Å²) in [5.41, 5.74) is 3.76. The number of halogens is 2. The molecule has 4 aliphatic rings. The van der Waals surface area contributed by atoms with E-state index in [1.54, 1.807) is 47.6 Å². The highest BCUT2D eigenvalue weighted by Crippen LogP contribution is 2.32. The van der Waals surface area contributed by atoms with Gasteiger partial charge in [0.15, 0.2) is 0 Å². The molecule has 1 unspecified atom stereocenters. The number of carbonyl (C=O) groups excluding carboxylic acids is 5. The van der Waals surface area contributed by atoms with Crippen LogP contribution in [0.4, 0.5) is 14.5 Å². The van der Waals surface area contributed by atoms with Crippen molar-refractivity contribution < 1.29 is 56.7 Å². The Balaban J connectivity index is 0.682. The van der Waals surface area contributed by atoms with Crippen LogP contribution in [0.25, 0.3) is 27.7 Å². The summed E-state index contributed by atoms with van der Waals surface area (Å²) >= 11 is 0. The molecule has 21 heteroatoms. The van der Waals surface area contributed by atoms with E-state index < -0.39 is 41.3 Å². The second-order valence-corrected chi connectivity index (χ2v) is 17.1. The first-order valence-corrected chi connectivity index (χ1v) is 23.4. The predicted molar refractivity (Wildman–Crippen MR) is 250 cm³/mol. The molecule has 0 saturated carbocycles. The highest BCUT2D eigenvalue weighted by molar-refractivity contribution is 6.23. The number of piperidine rings is 2. The van der Waals surface area contributed by atoms with Crippen molar-refractivity contribution in [2.45, 2.75) is 50.7 Å². The maximum atomic E-state index is 15.4. The summed E-state index contributed by atoms with van der Waals surface area (Å²) < 4.78 is 47.2. The minimum atomic E-state index is -1.02. The fraction of sp³-hybridized carbons (Fsp3) is 0.429. The second kappa shape index (κ2) is 23.8. The Hall–Kier alpha value is -6.62. The van der Waals surface area contributed by atoms with Gasteiger partial charge in [-0.3, -0.25) is 44.1 Å². The van der Waals surface area contributed by atoms with Crippen molar-refractivity contribution in [3.63, 3.8) is 0 Å². The molecule has 1 atom stereocenters. The van der Waals surface area contributed by atoms with Gasteiger partial charge < -0.3 is 35.2 Å². The Labute approximate surface area is 402 Å². The number of benzene rings is 3. The van der Waals surface area contributed by atoms with Gasteiger partial charge in [-0.1, -0.05) is 12.1 Å². The first-order chi connectivity index (χ1) is 34.1. The number of para-hydroxylation sites is 1. The maximum absolute atomic E-state index is 15.4. The molecule has 5 amide bonds. The van der Waals surface area contributed by atoms with E-state index in [2.05, 4.69) is 20.9 Å². The molecule has 5 heterocycles. The van der Waals surface area contributed by atoms with Crippen molar-refractivity contribution in [1.82, 2.24) is 35.3 Å². The van der Waals surface area contributed by atoms with Crippen LogP contribution in [0.3, 0.4) is 0 Å². The van der Waals surface area contributed by atoms with Crippen LogP contribution >= 0.6 is 0 Å². The largest absolute Gasteiger partial charge is 0.387 e. The zero-order valence-electron chi connectivity index (χ0n) is 38.5. The molecule has 3 fully saturated rings. The number of anilines is 1. The first kappa shape index (κ1) is 49.8. The van der Waals surface area contributed by atoms with Crippen molar-refractivity contribution >= 4 is 58.0 Å². The molecule has 0 radical (unpaired) electrons. The lowest BCUT2D eigenvalue weighted by Gasteiger charge is -2.32. The summed E-state index contributed by atoms with van der Waals surface area (Å²) in [5, 5.41) is 16.8. The van der Waals surface area contributed by atoms with Crippen LogP contribution < -0.4 is 16.0 Å². The third-order valence-corrected chi connectivity index (χ3v) is 12.5. The van der Waals surface area contributed by atoms with Gasteiger partial charge in [-0.2, -0.15) is 0 Å². The van der Waals surface area contributed by atoms with Crippen molar-refractivity contribution in [2.24, 2.45) is 0 Å². The van der Waals surface area contributed by atoms with Crippen LogP contribution in [0.15, 0.2) is 60.9 Å². The number of ether oxygens (including phenoxy) is 3. The average Bonchev–Trinajstić information content (AvgIpc) is 3.61. The number of imide groups is 2. The van der Waals surface area contributed by atoms with Gasteiger partial charge in [-0.05, 0) is 61.2 Å². The van der Waals surface area contributed by atoms with Gasteiger partial charge in [0.1, 0.15) is 24.3 Å². The first-order valence-electron chi connectivity index (χ1n) is 23.4. The smallest absolute Gasteiger partial charge is 0.262 e. The van der Waals surface area contributed by atoms with Crippen molar-refractivity contribution in [3.8, 4) is 11.1 Å². The molecule has 0 spiro atoms. The van der Waals surface area contributed by atoms with Gasteiger partial charge in [0.05, 0.1) is 86.7 Å². The number of hydrogen-bond acceptors (Lipinski definition) is 16. The van der Waals surface area contributed by atoms with Gasteiger partial charge in [-0.25, -0.2) is 23.5 Å². The highest BCUT2D eigenvalue weighted by Gasteiger charge is 2.44. The summed E-state index contributed by atoms with van der Waals surface area (Å²) in [6, 6.07) is 11.7. The Bertz CT molecular complexity index is 2600. The Morgan fingerprint density at radius 2 is 1.59 bits per heavy atom. The van der Waals surface area contributed by atoms with Gasteiger partial charge in [0, 0.05) is 86.5 Å². The number of rotatable bonds is 22. The van der Waals surface area contributed by atoms with Crippen LogP contribution in [0.1, 0.15) is 64.1 Å². The normalized spacial score (nSPS) is 18.1. The minimum Gasteiger partial charge on any atom is -0.387 e. The zero-order chi connectivity index (χ0) is 49.0. The fourth-order valence-corrected chi connectivity index (χ4v) is 8.66. The maximum Gasteiger partial charge on any atom is 0.262 e. The second-order valence-electron chi connectivity index (χ2n) is 17.1. The molecule has 1 aromatic heterocycles. The van der Waals surface area contributed by atoms with E-state index in [1.807, 2.05) is 4.90 Å². The Morgan fingerprint density at radius 3 is 2.34 bits per heavy atom. The minimum absolute atomic E-state index is 0.0128. The summed E-state index contributed by atoms with van der Waals surface area (Å²) in [4.78, 5) is 87.0. The van der Waals surface area contributed by atoms with Crippen LogP contribution in [-0.4, -0.2) is 158 Å². The number of amides is 5. The van der Waals surface area contributed by atoms with E-state index in [9.17, 15) is 24.0 Å². The molecule has 4 N–H and O–H groups in total. The number of allylic oxidation sites excluding steroid dienone is 1. The number of hydrogen-bond donors (Lipinski definition) is 4. The van der Waals surface area contributed by atoms with Gasteiger partial charge in [0.2, 0.25) is 17.7 Å². The van der Waals surface area contributed by atoms with E-state index >= 15 is 8.78 Å².